The zero-order valence-electron chi connectivity index (χ0n) is 14.6. The standard InChI is InChI=1S/C17H21N3O4S/c1-5-18-14(21)9-19-16(22)15-10(2)20-17(25-15)11-6-7-12(23-3)13(8-11)24-4/h6-8H,5,9H2,1-4H3,(H,18,21)(H,19,22). The molecular formula is C17H21N3O4S. The van der Waals surface area contributed by atoms with E-state index in [1.165, 1.54) is 11.3 Å². The van der Waals surface area contributed by atoms with E-state index in [9.17, 15) is 9.59 Å². The fourth-order valence-corrected chi connectivity index (χ4v) is 3.18. The van der Waals surface area contributed by atoms with Crippen molar-refractivity contribution in [3.8, 4) is 22.1 Å². The Hall–Kier alpha value is -2.61. The zero-order valence-corrected chi connectivity index (χ0v) is 15.5. The summed E-state index contributed by atoms with van der Waals surface area (Å²) in [6, 6.07) is 5.46. The Morgan fingerprint density at radius 2 is 1.88 bits per heavy atom. The van der Waals surface area contributed by atoms with Gasteiger partial charge in [0.2, 0.25) is 5.91 Å². The number of thiazole rings is 1. The number of nitrogens with one attached hydrogen (secondary N) is 2. The maximum atomic E-state index is 12.3. The van der Waals surface area contributed by atoms with Crippen LogP contribution >= 0.6 is 11.3 Å². The first-order chi connectivity index (χ1) is 12.0. The summed E-state index contributed by atoms with van der Waals surface area (Å²) in [5.41, 5.74) is 1.44. The lowest BCUT2D eigenvalue weighted by Crippen LogP contribution is -2.36. The normalized spacial score (nSPS) is 10.2. The second-order valence-electron chi connectivity index (χ2n) is 5.14. The first-order valence-electron chi connectivity index (χ1n) is 7.74. The highest BCUT2D eigenvalue weighted by Crippen LogP contribution is 2.34. The molecule has 0 unspecified atom stereocenters. The first kappa shape index (κ1) is 18.7. The molecule has 2 rings (SSSR count). The summed E-state index contributed by atoms with van der Waals surface area (Å²) in [5.74, 6) is 0.681. The summed E-state index contributed by atoms with van der Waals surface area (Å²) in [5, 5.41) is 5.93. The van der Waals surface area contributed by atoms with Gasteiger partial charge in [-0.2, -0.15) is 0 Å². The monoisotopic (exact) mass is 363 g/mol. The molecule has 0 aliphatic heterocycles. The van der Waals surface area contributed by atoms with Gasteiger partial charge in [0.1, 0.15) is 9.88 Å². The number of hydrogen-bond donors (Lipinski definition) is 2. The van der Waals surface area contributed by atoms with Crippen LogP contribution in [-0.2, 0) is 4.79 Å². The summed E-state index contributed by atoms with van der Waals surface area (Å²) < 4.78 is 10.5. The van der Waals surface area contributed by atoms with Gasteiger partial charge in [-0.1, -0.05) is 0 Å². The number of benzene rings is 1. The van der Waals surface area contributed by atoms with E-state index in [1.54, 1.807) is 27.2 Å². The van der Waals surface area contributed by atoms with E-state index in [4.69, 9.17) is 9.47 Å². The molecule has 0 aliphatic carbocycles. The fourth-order valence-electron chi connectivity index (χ4n) is 2.20. The number of ether oxygens (including phenoxy) is 2. The molecule has 0 radical (unpaired) electrons. The number of nitrogens with zero attached hydrogens (tertiary/aromatic N) is 1. The number of carbonyl (C=O) groups excluding carboxylic acids is 2. The Morgan fingerprint density at radius 1 is 1.16 bits per heavy atom. The number of carbonyl (C=O) groups is 2. The van der Waals surface area contributed by atoms with Crippen molar-refractivity contribution < 1.29 is 19.1 Å². The fraction of sp³-hybridized carbons (Fsp3) is 0.353. The molecule has 0 saturated heterocycles. The van der Waals surface area contributed by atoms with E-state index < -0.39 is 0 Å². The minimum absolute atomic E-state index is 0.0598. The summed E-state index contributed by atoms with van der Waals surface area (Å²) in [4.78, 5) is 28.7. The van der Waals surface area contributed by atoms with Crippen molar-refractivity contribution in [1.82, 2.24) is 15.6 Å². The molecule has 7 nitrogen and oxygen atoms in total. The molecule has 0 atom stereocenters. The third kappa shape index (κ3) is 4.48. The van der Waals surface area contributed by atoms with Gasteiger partial charge in [-0.05, 0) is 32.0 Å². The molecule has 1 heterocycles. The topological polar surface area (TPSA) is 89.6 Å². The molecule has 0 spiro atoms. The summed E-state index contributed by atoms with van der Waals surface area (Å²) in [7, 11) is 3.14. The lowest BCUT2D eigenvalue weighted by atomic mass is 10.2. The van der Waals surface area contributed by atoms with Crippen LogP contribution in [0, 0.1) is 6.92 Å². The Morgan fingerprint density at radius 3 is 2.52 bits per heavy atom. The van der Waals surface area contributed by atoms with Crippen LogP contribution in [0.4, 0.5) is 0 Å². The summed E-state index contributed by atoms with van der Waals surface area (Å²) >= 11 is 1.27. The van der Waals surface area contributed by atoms with Crippen molar-refractivity contribution in [2.75, 3.05) is 27.3 Å². The van der Waals surface area contributed by atoms with Gasteiger partial charge in [0.25, 0.3) is 5.91 Å². The highest BCUT2D eigenvalue weighted by molar-refractivity contribution is 7.17. The Labute approximate surface area is 150 Å². The molecule has 1 aromatic carbocycles. The molecule has 0 saturated carbocycles. The van der Waals surface area contributed by atoms with Crippen LogP contribution in [0.5, 0.6) is 11.5 Å². The summed E-state index contributed by atoms with van der Waals surface area (Å²) in [6.07, 6.45) is 0. The van der Waals surface area contributed by atoms with Gasteiger partial charge in [0, 0.05) is 12.1 Å². The van der Waals surface area contributed by atoms with Gasteiger partial charge < -0.3 is 20.1 Å². The van der Waals surface area contributed by atoms with Crippen molar-refractivity contribution in [3.63, 3.8) is 0 Å². The lowest BCUT2D eigenvalue weighted by molar-refractivity contribution is -0.120. The predicted octanol–water partition coefficient (Wildman–Crippen LogP) is 2.00. The average Bonchev–Trinajstić information content (AvgIpc) is 3.01. The molecule has 8 heteroatoms. The van der Waals surface area contributed by atoms with Gasteiger partial charge in [0.05, 0.1) is 26.5 Å². The SMILES string of the molecule is CCNC(=O)CNC(=O)c1sc(-c2ccc(OC)c(OC)c2)nc1C. The van der Waals surface area contributed by atoms with Gasteiger partial charge in [-0.25, -0.2) is 4.98 Å². The van der Waals surface area contributed by atoms with Gasteiger partial charge in [-0.15, -0.1) is 11.3 Å². The molecule has 134 valence electrons. The van der Waals surface area contributed by atoms with E-state index in [0.717, 1.165) is 5.56 Å². The Bertz CT molecular complexity index is 773. The van der Waals surface area contributed by atoms with Crippen molar-refractivity contribution >= 4 is 23.2 Å². The minimum atomic E-state index is -0.312. The smallest absolute Gasteiger partial charge is 0.263 e. The van der Waals surface area contributed by atoms with E-state index >= 15 is 0 Å². The molecule has 25 heavy (non-hydrogen) atoms. The number of aryl methyl sites for hydroxylation is 1. The van der Waals surface area contributed by atoms with Crippen molar-refractivity contribution in [1.29, 1.82) is 0 Å². The van der Waals surface area contributed by atoms with E-state index in [1.807, 2.05) is 19.1 Å². The van der Waals surface area contributed by atoms with Crippen molar-refractivity contribution in [2.24, 2.45) is 0 Å². The van der Waals surface area contributed by atoms with Gasteiger partial charge in [0.15, 0.2) is 11.5 Å². The molecule has 0 aliphatic rings. The molecule has 0 fully saturated rings. The number of methoxy groups -OCH3 is 2. The number of amides is 2. The first-order valence-corrected chi connectivity index (χ1v) is 8.56. The average molecular weight is 363 g/mol. The van der Waals surface area contributed by atoms with Crippen LogP contribution < -0.4 is 20.1 Å². The molecule has 2 N–H and O–H groups in total. The lowest BCUT2D eigenvalue weighted by Gasteiger charge is -2.08. The number of hydrogen-bond acceptors (Lipinski definition) is 6. The zero-order chi connectivity index (χ0) is 18.4. The summed E-state index contributed by atoms with van der Waals surface area (Å²) in [6.45, 7) is 4.05. The highest BCUT2D eigenvalue weighted by Gasteiger charge is 2.17. The van der Waals surface area contributed by atoms with Crippen LogP contribution in [0.25, 0.3) is 10.6 Å². The molecular weight excluding hydrogens is 342 g/mol. The van der Waals surface area contributed by atoms with Crippen LogP contribution in [0.1, 0.15) is 22.3 Å². The third-order valence-electron chi connectivity index (χ3n) is 3.42. The van der Waals surface area contributed by atoms with E-state index in [0.29, 0.717) is 33.6 Å². The predicted molar refractivity (Wildman–Crippen MR) is 96.4 cm³/mol. The highest BCUT2D eigenvalue weighted by atomic mass is 32.1. The van der Waals surface area contributed by atoms with Crippen LogP contribution in [0.15, 0.2) is 18.2 Å². The van der Waals surface area contributed by atoms with E-state index in [-0.39, 0.29) is 18.4 Å². The largest absolute Gasteiger partial charge is 0.493 e. The Kier molecular flexibility index (Phi) is 6.35. The quantitative estimate of drug-likeness (QED) is 0.785. The molecule has 2 amide bonds. The Balaban J connectivity index is 2.19. The maximum absolute atomic E-state index is 12.3. The van der Waals surface area contributed by atoms with Crippen molar-refractivity contribution in [2.45, 2.75) is 13.8 Å². The van der Waals surface area contributed by atoms with Crippen molar-refractivity contribution in [3.05, 3.63) is 28.8 Å². The third-order valence-corrected chi connectivity index (χ3v) is 4.62. The van der Waals surface area contributed by atoms with Crippen LogP contribution in [0.3, 0.4) is 0 Å². The van der Waals surface area contributed by atoms with Gasteiger partial charge >= 0.3 is 0 Å². The van der Waals surface area contributed by atoms with E-state index in [2.05, 4.69) is 15.6 Å². The second kappa shape index (κ2) is 8.48. The minimum Gasteiger partial charge on any atom is -0.493 e. The number of aromatic nitrogens is 1. The molecule has 2 aromatic rings. The number of likely N-dealkylation sites (N-methyl/N-ethyl adjacent to an activating group) is 1. The van der Waals surface area contributed by atoms with Crippen LogP contribution in [-0.4, -0.2) is 44.1 Å². The molecule has 1 aromatic heterocycles. The second-order valence-corrected chi connectivity index (χ2v) is 6.14. The van der Waals surface area contributed by atoms with Gasteiger partial charge in [-0.3, -0.25) is 9.59 Å². The number of rotatable bonds is 7. The molecule has 0 bridgehead atoms. The maximum Gasteiger partial charge on any atom is 0.263 e. The van der Waals surface area contributed by atoms with Crippen LogP contribution in [0.2, 0.25) is 0 Å².